The minimum Gasteiger partial charge on any atom is -0.462 e. The number of hydrogen-bond acceptors (Lipinski definition) is 6. The van der Waals surface area contributed by atoms with Gasteiger partial charge in [-0.15, -0.1) is 12.4 Å². The number of pyridine rings is 1. The Labute approximate surface area is 165 Å². The van der Waals surface area contributed by atoms with Crippen LogP contribution in [0.25, 0.3) is 0 Å². The van der Waals surface area contributed by atoms with Crippen molar-refractivity contribution in [2.24, 2.45) is 0 Å². The highest BCUT2D eigenvalue weighted by atomic mass is 35.5. The summed E-state index contributed by atoms with van der Waals surface area (Å²) in [6, 6.07) is 9.27. The van der Waals surface area contributed by atoms with Crippen LogP contribution in [-0.2, 0) is 14.8 Å². The second-order valence-electron chi connectivity index (χ2n) is 5.87. The Bertz CT molecular complexity index is 877. The van der Waals surface area contributed by atoms with Crippen molar-refractivity contribution in [1.29, 1.82) is 0 Å². The van der Waals surface area contributed by atoms with Gasteiger partial charge in [-0.05, 0) is 36.8 Å². The highest BCUT2D eigenvalue weighted by Crippen LogP contribution is 2.28. The second-order valence-corrected chi connectivity index (χ2v) is 7.76. The number of esters is 1. The maximum atomic E-state index is 13.2. The first-order valence-electron chi connectivity index (χ1n) is 8.43. The van der Waals surface area contributed by atoms with Gasteiger partial charge in [0.25, 0.3) is 0 Å². The molecular weight excluding hydrogens is 390 g/mol. The van der Waals surface area contributed by atoms with Gasteiger partial charge in [-0.1, -0.05) is 12.1 Å². The van der Waals surface area contributed by atoms with E-state index >= 15 is 0 Å². The molecule has 1 aliphatic heterocycles. The van der Waals surface area contributed by atoms with Gasteiger partial charge in [0.05, 0.1) is 23.1 Å². The van der Waals surface area contributed by atoms with Crippen molar-refractivity contribution in [2.75, 3.05) is 26.2 Å². The molecule has 0 bridgehead atoms. The maximum absolute atomic E-state index is 13.2. The molecule has 0 amide bonds. The quantitative estimate of drug-likeness (QED) is 0.757. The lowest BCUT2D eigenvalue weighted by atomic mass is 10.1. The number of carbonyl (C=O) groups is 1. The minimum atomic E-state index is -3.77. The summed E-state index contributed by atoms with van der Waals surface area (Å²) in [6.07, 6.45) is 3.33. The molecule has 0 saturated carbocycles. The van der Waals surface area contributed by atoms with E-state index in [-0.39, 0.29) is 35.5 Å². The number of sulfonamides is 1. The number of aromatic nitrogens is 1. The molecule has 1 saturated heterocycles. The number of carbonyl (C=O) groups excluding carboxylic acids is 1. The zero-order valence-corrected chi connectivity index (χ0v) is 16.5. The first kappa shape index (κ1) is 21.3. The lowest BCUT2D eigenvalue weighted by Gasteiger charge is -2.35. The fraction of sp³-hybridized carbons (Fsp3) is 0.333. The normalized spacial score (nSPS) is 17.7. The number of ether oxygens (including phenoxy) is 1. The standard InChI is InChI=1S/C18H21N3O4S.ClH/c1-2-25-18(22)14-5-3-7-16(11-14)26(23,24)21-10-9-20-13-17(21)15-6-4-8-19-12-15;/h3-8,11-12,17,20H,2,9-10,13H2,1H3;1H. The van der Waals surface area contributed by atoms with Crippen LogP contribution in [0.1, 0.15) is 28.9 Å². The summed E-state index contributed by atoms with van der Waals surface area (Å²) in [5.41, 5.74) is 1.05. The van der Waals surface area contributed by atoms with Crippen LogP contribution in [0.15, 0.2) is 53.7 Å². The summed E-state index contributed by atoms with van der Waals surface area (Å²) in [5, 5.41) is 3.23. The fourth-order valence-corrected chi connectivity index (χ4v) is 4.62. The van der Waals surface area contributed by atoms with Crippen LogP contribution in [-0.4, -0.2) is 49.9 Å². The molecule has 1 aliphatic rings. The summed E-state index contributed by atoms with van der Waals surface area (Å²) in [7, 11) is -3.77. The number of rotatable bonds is 5. The average Bonchev–Trinajstić information content (AvgIpc) is 2.69. The van der Waals surface area contributed by atoms with Crippen molar-refractivity contribution in [1.82, 2.24) is 14.6 Å². The van der Waals surface area contributed by atoms with Gasteiger partial charge in [-0.2, -0.15) is 4.31 Å². The molecule has 146 valence electrons. The zero-order valence-electron chi connectivity index (χ0n) is 14.9. The Hall–Kier alpha value is -2.00. The molecular formula is C18H22ClN3O4S. The molecule has 1 fully saturated rings. The molecule has 1 N–H and O–H groups in total. The van der Waals surface area contributed by atoms with Crippen molar-refractivity contribution in [3.8, 4) is 0 Å². The molecule has 27 heavy (non-hydrogen) atoms. The zero-order chi connectivity index (χ0) is 18.6. The van der Waals surface area contributed by atoms with Gasteiger partial charge >= 0.3 is 5.97 Å². The van der Waals surface area contributed by atoms with Gasteiger partial charge in [0.2, 0.25) is 10.0 Å². The summed E-state index contributed by atoms with van der Waals surface area (Å²) < 4.78 is 32.9. The van der Waals surface area contributed by atoms with Gasteiger partial charge in [-0.25, -0.2) is 13.2 Å². The van der Waals surface area contributed by atoms with E-state index in [1.807, 2.05) is 6.07 Å². The molecule has 0 radical (unpaired) electrons. The van der Waals surface area contributed by atoms with E-state index < -0.39 is 16.0 Å². The molecule has 2 heterocycles. The topological polar surface area (TPSA) is 88.6 Å². The number of piperazine rings is 1. The summed E-state index contributed by atoms with van der Waals surface area (Å²) in [4.78, 5) is 16.1. The Morgan fingerprint density at radius 1 is 1.33 bits per heavy atom. The predicted octanol–water partition coefficient (Wildman–Crippen LogP) is 2.02. The van der Waals surface area contributed by atoms with E-state index in [4.69, 9.17) is 4.74 Å². The molecule has 3 rings (SSSR count). The lowest BCUT2D eigenvalue weighted by molar-refractivity contribution is 0.0526. The number of nitrogens with one attached hydrogen (secondary N) is 1. The highest BCUT2D eigenvalue weighted by molar-refractivity contribution is 7.89. The number of halogens is 1. The second kappa shape index (κ2) is 9.27. The Balaban J connectivity index is 0.00000261. The number of hydrogen-bond donors (Lipinski definition) is 1. The molecule has 0 aliphatic carbocycles. The first-order valence-corrected chi connectivity index (χ1v) is 9.87. The van der Waals surface area contributed by atoms with Gasteiger partial charge in [0.15, 0.2) is 0 Å². The van der Waals surface area contributed by atoms with Gasteiger partial charge < -0.3 is 10.1 Å². The molecule has 7 nitrogen and oxygen atoms in total. The number of benzene rings is 1. The van der Waals surface area contributed by atoms with Gasteiger partial charge in [0.1, 0.15) is 0 Å². The molecule has 0 spiro atoms. The summed E-state index contributed by atoms with van der Waals surface area (Å²) >= 11 is 0. The Morgan fingerprint density at radius 2 is 2.15 bits per heavy atom. The SMILES string of the molecule is CCOC(=O)c1cccc(S(=O)(=O)N2CCNCC2c2cccnc2)c1.Cl. The predicted molar refractivity (Wildman–Crippen MR) is 103 cm³/mol. The molecule has 2 aromatic rings. The maximum Gasteiger partial charge on any atom is 0.338 e. The van der Waals surface area contributed by atoms with Crippen LogP contribution in [0.4, 0.5) is 0 Å². The van der Waals surface area contributed by atoms with Crippen molar-refractivity contribution >= 4 is 28.4 Å². The molecule has 1 unspecified atom stereocenters. The van der Waals surface area contributed by atoms with Crippen LogP contribution in [0.5, 0.6) is 0 Å². The fourth-order valence-electron chi connectivity index (χ4n) is 2.96. The minimum absolute atomic E-state index is 0. The lowest BCUT2D eigenvalue weighted by Crippen LogP contribution is -2.48. The first-order chi connectivity index (χ1) is 12.5. The van der Waals surface area contributed by atoms with Crippen molar-refractivity contribution in [3.63, 3.8) is 0 Å². The summed E-state index contributed by atoms with van der Waals surface area (Å²) in [6.45, 7) is 3.34. The van der Waals surface area contributed by atoms with Gasteiger partial charge in [0, 0.05) is 32.0 Å². The van der Waals surface area contributed by atoms with Crippen LogP contribution in [0.2, 0.25) is 0 Å². The Kier molecular flexibility index (Phi) is 7.32. The third-order valence-corrected chi connectivity index (χ3v) is 6.12. The third-order valence-electron chi connectivity index (χ3n) is 4.22. The largest absolute Gasteiger partial charge is 0.462 e. The van der Waals surface area contributed by atoms with Gasteiger partial charge in [-0.3, -0.25) is 4.98 Å². The smallest absolute Gasteiger partial charge is 0.338 e. The van der Waals surface area contributed by atoms with Crippen molar-refractivity contribution < 1.29 is 17.9 Å². The third kappa shape index (κ3) is 4.65. The Morgan fingerprint density at radius 3 is 2.85 bits per heavy atom. The van der Waals surface area contributed by atoms with E-state index in [9.17, 15) is 13.2 Å². The summed E-state index contributed by atoms with van der Waals surface area (Å²) in [5.74, 6) is -0.534. The van der Waals surface area contributed by atoms with E-state index in [2.05, 4.69) is 10.3 Å². The highest BCUT2D eigenvalue weighted by Gasteiger charge is 2.34. The van der Waals surface area contributed by atoms with Crippen LogP contribution >= 0.6 is 12.4 Å². The monoisotopic (exact) mass is 411 g/mol. The van der Waals surface area contributed by atoms with Crippen LogP contribution in [0.3, 0.4) is 0 Å². The van der Waals surface area contributed by atoms with E-state index in [1.165, 1.54) is 16.4 Å². The van der Waals surface area contributed by atoms with E-state index in [0.717, 1.165) is 5.56 Å². The number of nitrogens with zero attached hydrogens (tertiary/aromatic N) is 2. The van der Waals surface area contributed by atoms with Crippen molar-refractivity contribution in [2.45, 2.75) is 17.9 Å². The van der Waals surface area contributed by atoms with E-state index in [0.29, 0.717) is 19.6 Å². The van der Waals surface area contributed by atoms with Crippen LogP contribution < -0.4 is 5.32 Å². The molecule has 1 atom stereocenters. The van der Waals surface area contributed by atoms with E-state index in [1.54, 1.807) is 37.5 Å². The average molecular weight is 412 g/mol. The molecule has 1 aromatic heterocycles. The molecule has 9 heteroatoms. The van der Waals surface area contributed by atoms with Crippen molar-refractivity contribution in [3.05, 3.63) is 59.9 Å². The molecule has 1 aromatic carbocycles. The van der Waals surface area contributed by atoms with Crippen LogP contribution in [0, 0.1) is 0 Å².